The molecule has 2 aromatic carbocycles. The number of hydrogen-bond donors (Lipinski definition) is 0. The molecule has 0 spiro atoms. The van der Waals surface area contributed by atoms with Crippen LogP contribution < -0.4 is 0 Å². The molecule has 0 aliphatic carbocycles. The summed E-state index contributed by atoms with van der Waals surface area (Å²) in [6.45, 7) is 2.29. The average molecular weight is 249 g/mol. The van der Waals surface area contributed by atoms with Crippen molar-refractivity contribution in [3.8, 4) is 0 Å². The molecule has 1 unspecified atom stereocenters. The molecule has 1 atom stereocenters. The zero-order valence-electron chi connectivity index (χ0n) is 11.1. The fourth-order valence-electron chi connectivity index (χ4n) is 2.68. The molecule has 1 heteroatoms. The maximum absolute atomic E-state index is 2.42. The normalized spacial score (nSPS) is 19.2. The minimum atomic E-state index is 0.682. The summed E-state index contributed by atoms with van der Waals surface area (Å²) in [5, 5.41) is 0. The maximum atomic E-state index is 2.42. The third-order valence-electron chi connectivity index (χ3n) is 3.77. The first-order valence-electron chi connectivity index (χ1n) is 6.94. The first-order chi connectivity index (χ1) is 9.42. The Morgan fingerprint density at radius 3 is 2.32 bits per heavy atom. The number of nitrogens with zero attached hydrogens (tertiary/aromatic N) is 1. The van der Waals surface area contributed by atoms with E-state index in [4.69, 9.17) is 0 Å². The summed E-state index contributed by atoms with van der Waals surface area (Å²) in [5.74, 6) is 0.682. The minimum Gasteiger partial charge on any atom is -0.377 e. The molecule has 0 saturated carbocycles. The Kier molecular flexibility index (Phi) is 3.64. The van der Waals surface area contributed by atoms with Gasteiger partial charge in [0.25, 0.3) is 0 Å². The summed E-state index contributed by atoms with van der Waals surface area (Å²) in [7, 11) is 0. The Morgan fingerprint density at radius 1 is 0.895 bits per heavy atom. The van der Waals surface area contributed by atoms with Crippen LogP contribution in [0.2, 0.25) is 0 Å². The van der Waals surface area contributed by atoms with Crippen molar-refractivity contribution < 1.29 is 0 Å². The Morgan fingerprint density at radius 2 is 1.58 bits per heavy atom. The fraction of sp³-hybridized carbons (Fsp3) is 0.222. The fourth-order valence-corrected chi connectivity index (χ4v) is 2.68. The lowest BCUT2D eigenvalue weighted by atomic mass is 9.99. The van der Waals surface area contributed by atoms with Crippen LogP contribution in [0.3, 0.4) is 0 Å². The van der Waals surface area contributed by atoms with Crippen molar-refractivity contribution in [2.24, 2.45) is 0 Å². The van der Waals surface area contributed by atoms with E-state index >= 15 is 0 Å². The van der Waals surface area contributed by atoms with Gasteiger partial charge in [-0.1, -0.05) is 60.7 Å². The van der Waals surface area contributed by atoms with E-state index in [1.807, 2.05) is 0 Å². The maximum Gasteiger partial charge on any atom is 0.0242 e. The van der Waals surface area contributed by atoms with Gasteiger partial charge >= 0.3 is 0 Å². The molecule has 0 bridgehead atoms. The molecule has 3 rings (SSSR count). The Hall–Kier alpha value is -2.02. The summed E-state index contributed by atoms with van der Waals surface area (Å²) < 4.78 is 0. The highest BCUT2D eigenvalue weighted by atomic mass is 15.1. The molecule has 1 fully saturated rings. The van der Waals surface area contributed by atoms with Crippen LogP contribution >= 0.6 is 0 Å². The van der Waals surface area contributed by atoms with Gasteiger partial charge in [-0.05, 0) is 29.8 Å². The van der Waals surface area contributed by atoms with Gasteiger partial charge in [0.15, 0.2) is 0 Å². The first kappa shape index (κ1) is 12.0. The van der Waals surface area contributed by atoms with Gasteiger partial charge in [0.05, 0.1) is 0 Å². The van der Waals surface area contributed by atoms with Crippen LogP contribution in [0.5, 0.6) is 0 Å². The first-order valence-corrected chi connectivity index (χ1v) is 6.94. The molecule has 1 heterocycles. The SMILES string of the molecule is C(=CN1CCC(c2ccccc2)C1)c1ccccc1. The topological polar surface area (TPSA) is 3.24 Å². The Bertz CT molecular complexity index is 530. The second-order valence-corrected chi connectivity index (χ2v) is 5.12. The van der Waals surface area contributed by atoms with E-state index in [1.165, 1.54) is 17.5 Å². The van der Waals surface area contributed by atoms with Crippen LogP contribution in [-0.4, -0.2) is 18.0 Å². The minimum absolute atomic E-state index is 0.682. The molecule has 0 radical (unpaired) electrons. The Labute approximate surface area is 115 Å². The highest BCUT2D eigenvalue weighted by Gasteiger charge is 2.21. The molecule has 1 saturated heterocycles. The van der Waals surface area contributed by atoms with E-state index < -0.39 is 0 Å². The highest BCUT2D eigenvalue weighted by Crippen LogP contribution is 2.27. The number of benzene rings is 2. The van der Waals surface area contributed by atoms with Crippen LogP contribution in [0, 0.1) is 0 Å². The molecule has 0 amide bonds. The predicted octanol–water partition coefficient (Wildman–Crippen LogP) is 4.15. The van der Waals surface area contributed by atoms with Gasteiger partial charge in [-0.2, -0.15) is 0 Å². The van der Waals surface area contributed by atoms with Gasteiger partial charge in [0, 0.05) is 19.0 Å². The molecule has 0 N–H and O–H groups in total. The summed E-state index contributed by atoms with van der Waals surface area (Å²) in [6.07, 6.45) is 5.69. The zero-order valence-corrected chi connectivity index (χ0v) is 11.1. The van der Waals surface area contributed by atoms with Gasteiger partial charge in [0.1, 0.15) is 0 Å². The highest BCUT2D eigenvalue weighted by molar-refractivity contribution is 5.48. The number of rotatable bonds is 3. The molecule has 0 aromatic heterocycles. The molecule has 96 valence electrons. The van der Waals surface area contributed by atoms with Gasteiger partial charge in [-0.3, -0.25) is 0 Å². The van der Waals surface area contributed by atoms with E-state index in [1.54, 1.807) is 0 Å². The molecule has 1 aliphatic heterocycles. The van der Waals surface area contributed by atoms with Gasteiger partial charge in [-0.15, -0.1) is 0 Å². The largest absolute Gasteiger partial charge is 0.377 e. The second-order valence-electron chi connectivity index (χ2n) is 5.12. The third kappa shape index (κ3) is 3.05. The summed E-state index contributed by atoms with van der Waals surface area (Å²) in [4.78, 5) is 2.42. The van der Waals surface area contributed by atoms with Crippen LogP contribution in [0.1, 0.15) is 23.5 Å². The number of likely N-dealkylation sites (tertiary alicyclic amines) is 1. The number of hydrogen-bond acceptors (Lipinski definition) is 1. The van der Waals surface area contributed by atoms with E-state index in [2.05, 4.69) is 77.8 Å². The van der Waals surface area contributed by atoms with Crippen molar-refractivity contribution in [1.29, 1.82) is 0 Å². The molecule has 19 heavy (non-hydrogen) atoms. The van der Waals surface area contributed by atoms with Crippen molar-refractivity contribution in [1.82, 2.24) is 4.90 Å². The van der Waals surface area contributed by atoms with Crippen LogP contribution in [0.4, 0.5) is 0 Å². The average Bonchev–Trinajstić information content (AvgIpc) is 2.96. The quantitative estimate of drug-likeness (QED) is 0.790. The third-order valence-corrected chi connectivity index (χ3v) is 3.77. The molecule has 1 aliphatic rings. The van der Waals surface area contributed by atoms with Gasteiger partial charge in [-0.25, -0.2) is 0 Å². The second kappa shape index (κ2) is 5.75. The molecular formula is C18H19N. The monoisotopic (exact) mass is 249 g/mol. The predicted molar refractivity (Wildman–Crippen MR) is 80.8 cm³/mol. The van der Waals surface area contributed by atoms with Crippen LogP contribution in [-0.2, 0) is 0 Å². The summed E-state index contributed by atoms with van der Waals surface area (Å²) in [6, 6.07) is 21.3. The lowest BCUT2D eigenvalue weighted by Crippen LogP contribution is -2.12. The van der Waals surface area contributed by atoms with Crippen LogP contribution in [0.15, 0.2) is 66.9 Å². The lowest BCUT2D eigenvalue weighted by Gasteiger charge is -2.13. The molecular weight excluding hydrogens is 230 g/mol. The summed E-state index contributed by atoms with van der Waals surface area (Å²) in [5.41, 5.74) is 2.74. The standard InChI is InChI=1S/C18H19N/c1-3-7-16(8-4-1)11-13-19-14-12-18(15-19)17-9-5-2-6-10-17/h1-11,13,18H,12,14-15H2. The van der Waals surface area contributed by atoms with Gasteiger partial charge in [0.2, 0.25) is 0 Å². The van der Waals surface area contributed by atoms with Crippen molar-refractivity contribution in [3.05, 3.63) is 78.0 Å². The van der Waals surface area contributed by atoms with E-state index in [0.29, 0.717) is 5.92 Å². The van der Waals surface area contributed by atoms with Crippen molar-refractivity contribution >= 4 is 6.08 Å². The van der Waals surface area contributed by atoms with E-state index in [9.17, 15) is 0 Å². The molecule has 2 aromatic rings. The van der Waals surface area contributed by atoms with E-state index in [0.717, 1.165) is 13.1 Å². The summed E-state index contributed by atoms with van der Waals surface area (Å²) >= 11 is 0. The Balaban J connectivity index is 1.62. The van der Waals surface area contributed by atoms with E-state index in [-0.39, 0.29) is 0 Å². The zero-order chi connectivity index (χ0) is 12.9. The van der Waals surface area contributed by atoms with Crippen molar-refractivity contribution in [2.75, 3.05) is 13.1 Å². The van der Waals surface area contributed by atoms with Crippen molar-refractivity contribution in [2.45, 2.75) is 12.3 Å². The molecule has 1 nitrogen and oxygen atoms in total. The van der Waals surface area contributed by atoms with Crippen LogP contribution in [0.25, 0.3) is 6.08 Å². The van der Waals surface area contributed by atoms with Gasteiger partial charge < -0.3 is 4.90 Å². The lowest BCUT2D eigenvalue weighted by molar-refractivity contribution is 0.463. The smallest absolute Gasteiger partial charge is 0.0242 e. The van der Waals surface area contributed by atoms with Crippen molar-refractivity contribution in [3.63, 3.8) is 0 Å².